The summed E-state index contributed by atoms with van der Waals surface area (Å²) in [5.41, 5.74) is 0. The molecule has 0 radical (unpaired) electrons. The molecule has 1 saturated heterocycles. The van der Waals surface area contributed by atoms with Crippen LogP contribution >= 0.6 is 0 Å². The van der Waals surface area contributed by atoms with E-state index in [1.165, 1.54) is 0 Å². The largest absolute Gasteiger partial charge is 0.471 e. The Morgan fingerprint density at radius 3 is 2.10 bits per heavy atom. The molecule has 9 heteroatoms. The van der Waals surface area contributed by atoms with Crippen molar-refractivity contribution in [2.75, 3.05) is 13.1 Å². The van der Waals surface area contributed by atoms with Gasteiger partial charge in [-0.25, -0.2) is 12.8 Å². The second-order valence-corrected chi connectivity index (χ2v) is 6.56. The van der Waals surface area contributed by atoms with Crippen LogP contribution in [0.25, 0.3) is 0 Å². The zero-order chi connectivity index (χ0) is 15.1. The summed E-state index contributed by atoms with van der Waals surface area (Å²) in [5.74, 6) is -2.67. The molecule has 1 fully saturated rings. The zero-order valence-corrected chi connectivity index (χ0v) is 10.7. The van der Waals surface area contributed by atoms with Gasteiger partial charge in [-0.3, -0.25) is 4.79 Å². The molecule has 0 atom stereocenters. The van der Waals surface area contributed by atoms with Gasteiger partial charge in [-0.2, -0.15) is 13.2 Å². The van der Waals surface area contributed by atoms with Gasteiger partial charge in [-0.05, 0) is 24.3 Å². The molecule has 2 rings (SSSR count). The van der Waals surface area contributed by atoms with Crippen molar-refractivity contribution in [2.24, 2.45) is 0 Å². The number of carbonyl (C=O) groups excluding carboxylic acids is 1. The number of hydrogen-bond acceptors (Lipinski definition) is 3. The van der Waals surface area contributed by atoms with Crippen molar-refractivity contribution in [1.82, 2.24) is 4.90 Å². The van der Waals surface area contributed by atoms with E-state index >= 15 is 0 Å². The molecular weight excluding hydrogens is 302 g/mol. The summed E-state index contributed by atoms with van der Waals surface area (Å²) in [4.78, 5) is 11.1. The minimum absolute atomic E-state index is 0.178. The first-order valence-corrected chi connectivity index (χ1v) is 7.02. The zero-order valence-electron chi connectivity index (χ0n) is 9.89. The number of rotatable bonds is 2. The molecule has 20 heavy (non-hydrogen) atoms. The Morgan fingerprint density at radius 1 is 1.15 bits per heavy atom. The molecule has 1 heterocycles. The van der Waals surface area contributed by atoms with Crippen molar-refractivity contribution in [3.63, 3.8) is 0 Å². The van der Waals surface area contributed by atoms with Crippen LogP contribution in [0.4, 0.5) is 17.6 Å². The summed E-state index contributed by atoms with van der Waals surface area (Å²) >= 11 is 0. The summed E-state index contributed by atoms with van der Waals surface area (Å²) < 4.78 is 73.1. The van der Waals surface area contributed by atoms with Crippen LogP contribution in [0.2, 0.25) is 0 Å². The topological polar surface area (TPSA) is 54.5 Å². The summed E-state index contributed by atoms with van der Waals surface area (Å²) in [6.45, 7) is -1.03. The second kappa shape index (κ2) is 4.72. The lowest BCUT2D eigenvalue weighted by atomic mass is 10.2. The predicted molar refractivity (Wildman–Crippen MR) is 60.0 cm³/mol. The van der Waals surface area contributed by atoms with Gasteiger partial charge in [0.25, 0.3) is 0 Å². The van der Waals surface area contributed by atoms with Crippen LogP contribution in [0.5, 0.6) is 0 Å². The smallest absolute Gasteiger partial charge is 0.332 e. The number of nitrogens with zero attached hydrogens (tertiary/aromatic N) is 1. The number of hydrogen-bond donors (Lipinski definition) is 0. The van der Waals surface area contributed by atoms with Crippen LogP contribution in [0.3, 0.4) is 0 Å². The molecule has 0 spiro atoms. The van der Waals surface area contributed by atoms with Crippen LogP contribution in [-0.2, 0) is 14.6 Å². The highest BCUT2D eigenvalue weighted by molar-refractivity contribution is 7.92. The van der Waals surface area contributed by atoms with Crippen molar-refractivity contribution in [2.45, 2.75) is 16.3 Å². The molecule has 0 unspecified atom stereocenters. The number of alkyl halides is 3. The van der Waals surface area contributed by atoms with Gasteiger partial charge in [-0.1, -0.05) is 0 Å². The van der Waals surface area contributed by atoms with Crippen LogP contribution in [-0.4, -0.2) is 43.7 Å². The Hall–Kier alpha value is -1.64. The van der Waals surface area contributed by atoms with E-state index in [-0.39, 0.29) is 4.90 Å². The van der Waals surface area contributed by atoms with Gasteiger partial charge in [0.05, 0.1) is 4.90 Å². The van der Waals surface area contributed by atoms with Gasteiger partial charge in [0.2, 0.25) is 0 Å². The Bertz CT molecular complexity index is 618. The third kappa shape index (κ3) is 2.62. The lowest BCUT2D eigenvalue weighted by Crippen LogP contribution is -2.59. The highest BCUT2D eigenvalue weighted by atomic mass is 32.2. The predicted octanol–water partition coefficient (Wildman–Crippen LogP) is 1.37. The quantitative estimate of drug-likeness (QED) is 0.612. The molecule has 110 valence electrons. The molecule has 4 nitrogen and oxygen atoms in total. The van der Waals surface area contributed by atoms with Crippen LogP contribution in [0.15, 0.2) is 29.2 Å². The van der Waals surface area contributed by atoms with Crippen LogP contribution < -0.4 is 0 Å². The van der Waals surface area contributed by atoms with E-state index in [1.54, 1.807) is 0 Å². The highest BCUT2D eigenvalue weighted by Gasteiger charge is 2.49. The molecule has 0 aliphatic carbocycles. The Balaban J connectivity index is 2.09. The number of sulfone groups is 1. The molecule has 1 amide bonds. The normalized spacial score (nSPS) is 16.9. The SMILES string of the molecule is O=C(N1CC(S(=O)(=O)c2ccc(F)cc2)C1)C(F)(F)F. The van der Waals surface area contributed by atoms with Crippen LogP contribution in [0, 0.1) is 5.82 Å². The molecule has 0 N–H and O–H groups in total. The fourth-order valence-electron chi connectivity index (χ4n) is 1.80. The molecule has 1 aromatic rings. The van der Waals surface area contributed by atoms with Gasteiger partial charge in [0, 0.05) is 13.1 Å². The maximum atomic E-state index is 12.7. The maximum Gasteiger partial charge on any atom is 0.471 e. The van der Waals surface area contributed by atoms with E-state index in [9.17, 15) is 30.8 Å². The number of amides is 1. The molecule has 1 aliphatic rings. The van der Waals surface area contributed by atoms with Crippen molar-refractivity contribution in [3.05, 3.63) is 30.1 Å². The van der Waals surface area contributed by atoms with Crippen molar-refractivity contribution in [3.8, 4) is 0 Å². The third-order valence-electron chi connectivity index (χ3n) is 2.96. The van der Waals surface area contributed by atoms with Gasteiger partial charge < -0.3 is 4.90 Å². The summed E-state index contributed by atoms with van der Waals surface area (Å²) in [6.07, 6.45) is -5.01. The molecular formula is C11H9F4NO3S. The molecule has 0 bridgehead atoms. The summed E-state index contributed by atoms with van der Waals surface area (Å²) in [6, 6.07) is 3.98. The first-order chi connectivity index (χ1) is 9.12. The number of halogens is 4. The minimum atomic E-state index is -5.01. The lowest BCUT2D eigenvalue weighted by Gasteiger charge is -2.38. The second-order valence-electron chi connectivity index (χ2n) is 4.33. The van der Waals surface area contributed by atoms with E-state index in [2.05, 4.69) is 0 Å². The number of likely N-dealkylation sites (tertiary alicyclic amines) is 1. The van der Waals surface area contributed by atoms with Gasteiger partial charge in [0.15, 0.2) is 9.84 Å². The average molecular weight is 311 g/mol. The molecule has 0 saturated carbocycles. The first kappa shape index (κ1) is 14.8. The maximum absolute atomic E-state index is 12.7. The van der Waals surface area contributed by atoms with E-state index in [0.29, 0.717) is 4.90 Å². The van der Waals surface area contributed by atoms with Crippen molar-refractivity contribution in [1.29, 1.82) is 0 Å². The fraction of sp³-hybridized carbons (Fsp3) is 0.364. The first-order valence-electron chi connectivity index (χ1n) is 5.48. The van der Waals surface area contributed by atoms with Crippen molar-refractivity contribution >= 4 is 15.7 Å². The third-order valence-corrected chi connectivity index (χ3v) is 5.06. The summed E-state index contributed by atoms with van der Waals surface area (Å²) in [5, 5.41) is -1.10. The van der Waals surface area contributed by atoms with E-state index in [1.807, 2.05) is 0 Å². The molecule has 0 aromatic heterocycles. The molecule has 1 aliphatic heterocycles. The van der Waals surface area contributed by atoms with Gasteiger partial charge in [0.1, 0.15) is 11.1 Å². The minimum Gasteiger partial charge on any atom is -0.332 e. The summed E-state index contributed by atoms with van der Waals surface area (Å²) in [7, 11) is -3.86. The van der Waals surface area contributed by atoms with Gasteiger partial charge in [-0.15, -0.1) is 0 Å². The lowest BCUT2D eigenvalue weighted by molar-refractivity contribution is -0.188. The van der Waals surface area contributed by atoms with E-state index in [4.69, 9.17) is 0 Å². The fourth-order valence-corrected chi connectivity index (χ4v) is 3.45. The highest BCUT2D eigenvalue weighted by Crippen LogP contribution is 2.28. The van der Waals surface area contributed by atoms with Gasteiger partial charge >= 0.3 is 12.1 Å². The van der Waals surface area contributed by atoms with Crippen molar-refractivity contribution < 1.29 is 30.8 Å². The monoisotopic (exact) mass is 311 g/mol. The van der Waals surface area contributed by atoms with E-state index < -0.39 is 46.1 Å². The van der Waals surface area contributed by atoms with E-state index in [0.717, 1.165) is 24.3 Å². The average Bonchev–Trinajstić information content (AvgIpc) is 2.25. The standard InChI is InChI=1S/C11H9F4NO3S/c12-7-1-3-8(4-2-7)20(18,19)9-5-16(6-9)10(17)11(13,14)15/h1-4,9H,5-6H2. The van der Waals surface area contributed by atoms with Crippen LogP contribution in [0.1, 0.15) is 0 Å². The Labute approximate surface area is 111 Å². The molecule has 1 aromatic carbocycles. The Morgan fingerprint density at radius 2 is 1.65 bits per heavy atom. The number of carbonyl (C=O) groups is 1. The Kier molecular flexibility index (Phi) is 3.49. The number of benzene rings is 1.